The minimum Gasteiger partial charge on any atom is -0.399 e. The molecule has 28 heavy (non-hydrogen) atoms. The van der Waals surface area contributed by atoms with Crippen LogP contribution in [0.5, 0.6) is 0 Å². The minimum absolute atomic E-state index is 0.173. The fourth-order valence-corrected chi connectivity index (χ4v) is 6.32. The van der Waals surface area contributed by atoms with Crippen molar-refractivity contribution in [3.63, 3.8) is 0 Å². The van der Waals surface area contributed by atoms with Gasteiger partial charge in [0.15, 0.2) is 5.17 Å². The zero-order valence-electron chi connectivity index (χ0n) is 16.1. The molecular formula is C18H24F2N6SSi. The van der Waals surface area contributed by atoms with Crippen LogP contribution in [0.25, 0.3) is 0 Å². The van der Waals surface area contributed by atoms with E-state index in [1.54, 1.807) is 4.68 Å². The van der Waals surface area contributed by atoms with Gasteiger partial charge in [-0.25, -0.2) is 13.8 Å². The number of thioether (sulfide) groups is 1. The number of halogens is 2. The molecule has 2 aromatic rings. The van der Waals surface area contributed by atoms with E-state index >= 15 is 0 Å². The first-order chi connectivity index (χ1) is 13.1. The lowest BCUT2D eigenvalue weighted by molar-refractivity contribution is 0.259. The molecule has 150 valence electrons. The van der Waals surface area contributed by atoms with Crippen LogP contribution in [-0.2, 0) is 12.1 Å². The van der Waals surface area contributed by atoms with Crippen LogP contribution in [0.2, 0.25) is 19.6 Å². The van der Waals surface area contributed by atoms with Gasteiger partial charge < -0.3 is 11.5 Å². The van der Waals surface area contributed by atoms with Crippen molar-refractivity contribution in [2.75, 3.05) is 12.4 Å². The molecule has 3 atom stereocenters. The number of amidine groups is 1. The topological polar surface area (TPSA) is 95.1 Å². The Balaban J connectivity index is 1.70. The van der Waals surface area contributed by atoms with Gasteiger partial charge in [-0.1, -0.05) is 36.6 Å². The van der Waals surface area contributed by atoms with Gasteiger partial charge in [0.1, 0.15) is 26.1 Å². The molecule has 0 amide bonds. The van der Waals surface area contributed by atoms with Crippen molar-refractivity contribution in [2.24, 2.45) is 16.6 Å². The van der Waals surface area contributed by atoms with Crippen LogP contribution in [0, 0.1) is 11.7 Å². The molecule has 0 bridgehead atoms. The molecular weight excluding hydrogens is 398 g/mol. The summed E-state index contributed by atoms with van der Waals surface area (Å²) in [5.41, 5.74) is 11.1. The molecule has 10 heteroatoms. The third-order valence-electron chi connectivity index (χ3n) is 5.62. The second-order valence-electron chi connectivity index (χ2n) is 8.72. The first kappa shape index (κ1) is 19.4. The number of aliphatic imine (C=N–C) groups is 1. The summed E-state index contributed by atoms with van der Waals surface area (Å²) in [7, 11) is -1.58. The molecule has 0 unspecified atom stereocenters. The van der Waals surface area contributed by atoms with E-state index in [0.717, 1.165) is 5.32 Å². The molecule has 0 saturated heterocycles. The van der Waals surface area contributed by atoms with Gasteiger partial charge in [-0.05, 0) is 24.6 Å². The van der Waals surface area contributed by atoms with Crippen LogP contribution in [0.1, 0.15) is 12.0 Å². The van der Waals surface area contributed by atoms with Crippen molar-refractivity contribution < 1.29 is 8.78 Å². The second kappa shape index (κ2) is 6.28. The number of rotatable bonds is 5. The Morgan fingerprint density at radius 1 is 1.32 bits per heavy atom. The van der Waals surface area contributed by atoms with E-state index in [-0.39, 0.29) is 21.4 Å². The third-order valence-corrected chi connectivity index (χ3v) is 8.67. The zero-order valence-corrected chi connectivity index (χ0v) is 17.9. The van der Waals surface area contributed by atoms with Crippen molar-refractivity contribution in [3.8, 4) is 0 Å². The fourth-order valence-electron chi connectivity index (χ4n) is 4.03. The van der Waals surface area contributed by atoms with Gasteiger partial charge in [0.05, 0.1) is 11.9 Å². The summed E-state index contributed by atoms with van der Waals surface area (Å²) in [6.07, 6.45) is 2.64. The van der Waals surface area contributed by atoms with Crippen molar-refractivity contribution in [1.82, 2.24) is 15.0 Å². The number of hydrogen-bond acceptors (Lipinski definition) is 6. The quantitative estimate of drug-likeness (QED) is 0.569. The highest BCUT2D eigenvalue weighted by Gasteiger charge is 2.68. The Hall–Kier alpha value is -1.94. The maximum absolute atomic E-state index is 14.6. The number of nitrogens with two attached hydrogens (primary N) is 2. The molecule has 1 aliphatic heterocycles. The monoisotopic (exact) mass is 422 g/mol. The molecule has 0 spiro atoms. The Bertz CT molecular complexity index is 958. The Labute approximate surface area is 167 Å². The molecule has 0 radical (unpaired) electrons. The van der Waals surface area contributed by atoms with E-state index < -0.39 is 26.1 Å². The molecule has 1 aromatic carbocycles. The number of aromatic nitrogens is 3. The van der Waals surface area contributed by atoms with Crippen molar-refractivity contribution in [3.05, 3.63) is 35.8 Å². The lowest BCUT2D eigenvalue weighted by Gasteiger charge is -2.35. The van der Waals surface area contributed by atoms with E-state index in [1.807, 2.05) is 6.20 Å². The molecule has 1 aliphatic carbocycles. The van der Waals surface area contributed by atoms with Gasteiger partial charge in [-0.2, -0.15) is 0 Å². The number of fused-ring (bicyclic) bond motifs is 1. The summed E-state index contributed by atoms with van der Waals surface area (Å²) in [5.74, 6) is -0.712. The predicted octanol–water partition coefficient (Wildman–Crippen LogP) is 2.23. The van der Waals surface area contributed by atoms with Crippen molar-refractivity contribution in [1.29, 1.82) is 0 Å². The number of alkyl halides is 1. The molecule has 1 aromatic heterocycles. The van der Waals surface area contributed by atoms with Gasteiger partial charge in [0, 0.05) is 28.1 Å². The summed E-state index contributed by atoms with van der Waals surface area (Å²) in [6, 6.07) is 4.20. The largest absolute Gasteiger partial charge is 0.399 e. The van der Waals surface area contributed by atoms with Crippen LogP contribution in [-0.4, -0.2) is 39.7 Å². The fraction of sp³-hybridized carbons (Fsp3) is 0.500. The molecule has 6 nitrogen and oxygen atoms in total. The van der Waals surface area contributed by atoms with E-state index in [9.17, 15) is 8.78 Å². The number of benzene rings is 1. The molecule has 4 rings (SSSR count). The molecule has 1 saturated carbocycles. The Morgan fingerprint density at radius 3 is 2.71 bits per heavy atom. The second-order valence-corrected chi connectivity index (χ2v) is 15.2. The van der Waals surface area contributed by atoms with E-state index in [2.05, 4.69) is 34.9 Å². The minimum atomic E-state index is -1.58. The predicted molar refractivity (Wildman–Crippen MR) is 112 cm³/mol. The molecule has 1 fully saturated rings. The highest BCUT2D eigenvalue weighted by Crippen LogP contribution is 2.66. The Kier molecular flexibility index (Phi) is 4.35. The van der Waals surface area contributed by atoms with E-state index in [1.165, 1.54) is 30.0 Å². The summed E-state index contributed by atoms with van der Waals surface area (Å²) < 4.78 is 30.5. The molecule has 2 heterocycles. The normalized spacial score (nSPS) is 29.3. The average molecular weight is 423 g/mol. The smallest absolute Gasteiger partial charge is 0.155 e. The molecule has 4 N–H and O–H groups in total. The summed E-state index contributed by atoms with van der Waals surface area (Å²) >= 11 is 1.43. The van der Waals surface area contributed by atoms with E-state index in [0.29, 0.717) is 18.7 Å². The lowest BCUT2D eigenvalue weighted by Crippen LogP contribution is -2.41. The average Bonchev–Trinajstić information content (AvgIpc) is 3.11. The van der Waals surface area contributed by atoms with Crippen molar-refractivity contribution in [2.45, 2.75) is 42.9 Å². The van der Waals surface area contributed by atoms with Crippen LogP contribution >= 0.6 is 11.8 Å². The van der Waals surface area contributed by atoms with Gasteiger partial charge in [0.25, 0.3) is 0 Å². The van der Waals surface area contributed by atoms with Crippen LogP contribution in [0.4, 0.5) is 14.5 Å². The maximum Gasteiger partial charge on any atom is 0.155 e. The summed E-state index contributed by atoms with van der Waals surface area (Å²) in [4.78, 5) is 4.41. The van der Waals surface area contributed by atoms with Gasteiger partial charge in [0.2, 0.25) is 0 Å². The number of nitrogen functional groups attached to an aromatic ring is 1. The van der Waals surface area contributed by atoms with Crippen LogP contribution in [0.15, 0.2) is 29.4 Å². The van der Waals surface area contributed by atoms with Gasteiger partial charge in [-0.3, -0.25) is 4.68 Å². The zero-order chi connectivity index (χ0) is 20.3. The number of anilines is 1. The van der Waals surface area contributed by atoms with E-state index in [4.69, 9.17) is 11.5 Å². The summed E-state index contributed by atoms with van der Waals surface area (Å²) in [6.45, 7) is 6.31. The van der Waals surface area contributed by atoms with Crippen LogP contribution < -0.4 is 16.8 Å². The summed E-state index contributed by atoms with van der Waals surface area (Å²) in [5, 5.41) is 9.87. The van der Waals surface area contributed by atoms with Gasteiger partial charge >= 0.3 is 0 Å². The first-order valence-corrected chi connectivity index (χ1v) is 13.5. The first-order valence-electron chi connectivity index (χ1n) is 9.16. The van der Waals surface area contributed by atoms with Crippen molar-refractivity contribution >= 4 is 36.0 Å². The van der Waals surface area contributed by atoms with Crippen LogP contribution in [0.3, 0.4) is 0 Å². The highest BCUT2D eigenvalue weighted by molar-refractivity contribution is 8.15. The lowest BCUT2D eigenvalue weighted by atomic mass is 9.84. The number of hydrogen-bond donors (Lipinski definition) is 2. The third kappa shape index (κ3) is 3.02. The standard InChI is InChI=1S/C18H24F2N6SSi/c1-28(2,3)15-8-26(25-24-15)10-17-7-14(17)18(9-19,23-16(22)27-17)12-6-11(21)4-5-13(12)20/h4-6,8,14H,7,9-10,21H2,1-3H3,(H2,22,23)/t14-,17-,18+/m0/s1. The number of nitrogens with zero attached hydrogens (tertiary/aromatic N) is 4. The Morgan fingerprint density at radius 2 is 2.07 bits per heavy atom. The van der Waals surface area contributed by atoms with Gasteiger partial charge in [-0.15, -0.1) is 5.10 Å². The molecule has 2 aliphatic rings. The SMILES string of the molecule is C[Si](C)(C)c1cn(C[C@@]23C[C@@H]2[C@@](CF)(c2cc(N)ccc2F)N=C(N)S3)nn1. The highest BCUT2D eigenvalue weighted by atomic mass is 32.2. The maximum atomic E-state index is 14.6.